The highest BCUT2D eigenvalue weighted by atomic mass is 79.9. The van der Waals surface area contributed by atoms with Gasteiger partial charge in [0, 0.05) is 10.2 Å². The van der Waals surface area contributed by atoms with Crippen molar-refractivity contribution in [1.82, 2.24) is 0 Å². The van der Waals surface area contributed by atoms with Gasteiger partial charge in [-0.3, -0.25) is 4.79 Å². The van der Waals surface area contributed by atoms with Gasteiger partial charge in [0.1, 0.15) is 5.82 Å². The average molecular weight is 261 g/mol. The lowest BCUT2D eigenvalue weighted by atomic mass is 10.0. The van der Waals surface area contributed by atoms with Gasteiger partial charge in [0.2, 0.25) is 0 Å². The first-order chi connectivity index (χ1) is 6.20. The number of Topliss-reactive ketones (excluding diaryl/α,β-unsaturated/α-hetero) is 1. The van der Waals surface area contributed by atoms with Gasteiger partial charge in [-0.15, -0.1) is 11.8 Å². The molecule has 13 heavy (non-hydrogen) atoms. The molecule has 0 N–H and O–H groups in total. The maximum atomic E-state index is 13.3. The lowest BCUT2D eigenvalue weighted by Gasteiger charge is -2.16. The summed E-state index contributed by atoms with van der Waals surface area (Å²) in [6, 6.07) is 2.98. The number of carbonyl (C=O) groups excluding carboxylic acids is 1. The first-order valence-electron chi connectivity index (χ1n) is 3.78. The molecule has 1 nitrogen and oxygen atoms in total. The molecule has 0 saturated heterocycles. The third-order valence-electron chi connectivity index (χ3n) is 1.96. The second kappa shape index (κ2) is 3.42. The maximum Gasteiger partial charge on any atom is 0.176 e. The summed E-state index contributed by atoms with van der Waals surface area (Å²) in [5, 5.41) is 0. The molecular weight excluding hydrogens is 255 g/mol. The standard InChI is InChI=1S/C9H6BrFOS/c10-6-1-2-7(11)9-5(6)3-13-4-8(9)12/h1-2H,3-4H2. The van der Waals surface area contributed by atoms with Crippen LogP contribution in [0.4, 0.5) is 4.39 Å². The highest BCUT2D eigenvalue weighted by Gasteiger charge is 2.23. The fraction of sp³-hybridized carbons (Fsp3) is 0.222. The van der Waals surface area contributed by atoms with E-state index in [1.54, 1.807) is 6.07 Å². The van der Waals surface area contributed by atoms with Crippen LogP contribution in [0, 0.1) is 5.82 Å². The Morgan fingerprint density at radius 1 is 1.38 bits per heavy atom. The van der Waals surface area contributed by atoms with E-state index in [1.807, 2.05) is 0 Å². The fourth-order valence-electron chi connectivity index (χ4n) is 1.35. The summed E-state index contributed by atoms with van der Waals surface area (Å²) in [6.45, 7) is 0. The molecule has 2 rings (SSSR count). The monoisotopic (exact) mass is 260 g/mol. The molecular formula is C9H6BrFOS. The normalized spacial score (nSPS) is 15.7. The number of hydrogen-bond acceptors (Lipinski definition) is 2. The van der Waals surface area contributed by atoms with E-state index in [-0.39, 0.29) is 11.3 Å². The molecule has 0 radical (unpaired) electrons. The second-order valence-corrected chi connectivity index (χ2v) is 4.64. The zero-order valence-electron chi connectivity index (χ0n) is 6.64. The number of benzene rings is 1. The Kier molecular flexibility index (Phi) is 2.43. The number of rotatable bonds is 0. The van der Waals surface area contributed by atoms with Crippen molar-refractivity contribution in [2.45, 2.75) is 5.75 Å². The van der Waals surface area contributed by atoms with Crippen LogP contribution in [-0.4, -0.2) is 11.5 Å². The smallest absolute Gasteiger partial charge is 0.176 e. The Morgan fingerprint density at radius 3 is 2.85 bits per heavy atom. The molecule has 0 aliphatic carbocycles. The minimum atomic E-state index is -0.400. The predicted molar refractivity (Wildman–Crippen MR) is 54.6 cm³/mol. The molecule has 0 saturated carbocycles. The van der Waals surface area contributed by atoms with Gasteiger partial charge < -0.3 is 0 Å². The van der Waals surface area contributed by atoms with E-state index in [4.69, 9.17) is 0 Å². The molecule has 0 bridgehead atoms. The number of hydrogen-bond donors (Lipinski definition) is 0. The van der Waals surface area contributed by atoms with E-state index in [0.29, 0.717) is 11.5 Å². The van der Waals surface area contributed by atoms with Gasteiger partial charge >= 0.3 is 0 Å². The van der Waals surface area contributed by atoms with Crippen molar-refractivity contribution < 1.29 is 9.18 Å². The van der Waals surface area contributed by atoms with Gasteiger partial charge in [0.05, 0.1) is 11.3 Å². The summed E-state index contributed by atoms with van der Waals surface area (Å²) in [5.41, 5.74) is 1.06. The van der Waals surface area contributed by atoms with E-state index in [0.717, 1.165) is 10.0 Å². The molecule has 1 heterocycles. The van der Waals surface area contributed by atoms with Gasteiger partial charge in [0.25, 0.3) is 0 Å². The van der Waals surface area contributed by atoms with Crippen LogP contribution in [0.15, 0.2) is 16.6 Å². The van der Waals surface area contributed by atoms with E-state index >= 15 is 0 Å². The molecule has 68 valence electrons. The lowest BCUT2D eigenvalue weighted by Crippen LogP contribution is -2.14. The predicted octanol–water partition coefficient (Wildman–Crippen LogP) is 3.02. The van der Waals surface area contributed by atoms with E-state index in [9.17, 15) is 9.18 Å². The summed E-state index contributed by atoms with van der Waals surface area (Å²) in [6.07, 6.45) is 0. The summed E-state index contributed by atoms with van der Waals surface area (Å²) < 4.78 is 14.1. The molecule has 4 heteroatoms. The molecule has 1 aliphatic heterocycles. The topological polar surface area (TPSA) is 17.1 Å². The lowest BCUT2D eigenvalue weighted by molar-refractivity contribution is 0.101. The van der Waals surface area contributed by atoms with Crippen molar-refractivity contribution >= 4 is 33.5 Å². The summed E-state index contributed by atoms with van der Waals surface area (Å²) in [7, 11) is 0. The number of ketones is 1. The van der Waals surface area contributed by atoms with Crippen LogP contribution in [-0.2, 0) is 5.75 Å². The maximum absolute atomic E-state index is 13.3. The van der Waals surface area contributed by atoms with Gasteiger partial charge in [-0.2, -0.15) is 0 Å². The first kappa shape index (κ1) is 9.21. The average Bonchev–Trinajstić information content (AvgIpc) is 2.12. The van der Waals surface area contributed by atoms with Gasteiger partial charge in [-0.25, -0.2) is 4.39 Å². The molecule has 0 spiro atoms. The summed E-state index contributed by atoms with van der Waals surface area (Å²) in [5.74, 6) is 0.591. The fourth-order valence-corrected chi connectivity index (χ4v) is 2.95. The second-order valence-electron chi connectivity index (χ2n) is 2.80. The Labute approximate surface area is 87.8 Å². The highest BCUT2D eigenvalue weighted by Crippen LogP contribution is 2.32. The Bertz CT molecular complexity index is 378. The number of carbonyl (C=O) groups is 1. The number of thioether (sulfide) groups is 1. The first-order valence-corrected chi connectivity index (χ1v) is 5.72. The van der Waals surface area contributed by atoms with Crippen molar-refractivity contribution in [1.29, 1.82) is 0 Å². The van der Waals surface area contributed by atoms with Crippen LogP contribution in [0.5, 0.6) is 0 Å². The molecule has 1 aromatic rings. The zero-order valence-corrected chi connectivity index (χ0v) is 9.04. The molecule has 0 unspecified atom stereocenters. The van der Waals surface area contributed by atoms with E-state index in [1.165, 1.54) is 17.8 Å². The van der Waals surface area contributed by atoms with Crippen molar-refractivity contribution in [3.8, 4) is 0 Å². The highest BCUT2D eigenvalue weighted by molar-refractivity contribution is 9.10. The van der Waals surface area contributed by atoms with Crippen LogP contribution >= 0.6 is 27.7 Å². The number of halogens is 2. The third kappa shape index (κ3) is 1.53. The minimum absolute atomic E-state index is 0.106. The Hall–Kier alpha value is -0.350. The van der Waals surface area contributed by atoms with Crippen LogP contribution in [0.1, 0.15) is 15.9 Å². The van der Waals surface area contributed by atoms with E-state index < -0.39 is 5.82 Å². The van der Waals surface area contributed by atoms with Crippen molar-refractivity contribution in [3.63, 3.8) is 0 Å². The minimum Gasteiger partial charge on any atom is -0.293 e. The van der Waals surface area contributed by atoms with Crippen LogP contribution < -0.4 is 0 Å². The molecule has 0 fully saturated rings. The SMILES string of the molecule is O=C1CSCc2c(Br)ccc(F)c21. The Balaban J connectivity index is 2.67. The Morgan fingerprint density at radius 2 is 2.15 bits per heavy atom. The van der Waals surface area contributed by atoms with Crippen molar-refractivity contribution in [2.24, 2.45) is 0 Å². The zero-order chi connectivity index (χ0) is 9.42. The molecule has 0 aromatic heterocycles. The molecule has 1 aliphatic rings. The van der Waals surface area contributed by atoms with Crippen molar-refractivity contribution in [3.05, 3.63) is 33.5 Å². The third-order valence-corrected chi connectivity index (χ3v) is 3.67. The quantitative estimate of drug-likeness (QED) is 0.714. The van der Waals surface area contributed by atoms with Crippen LogP contribution in [0.25, 0.3) is 0 Å². The van der Waals surface area contributed by atoms with Gasteiger partial charge in [0.15, 0.2) is 5.78 Å². The van der Waals surface area contributed by atoms with Crippen molar-refractivity contribution in [2.75, 3.05) is 5.75 Å². The van der Waals surface area contributed by atoms with Crippen LogP contribution in [0.2, 0.25) is 0 Å². The van der Waals surface area contributed by atoms with Gasteiger partial charge in [-0.1, -0.05) is 15.9 Å². The van der Waals surface area contributed by atoms with E-state index in [2.05, 4.69) is 15.9 Å². The largest absolute Gasteiger partial charge is 0.293 e. The number of fused-ring (bicyclic) bond motifs is 1. The molecule has 0 amide bonds. The molecule has 1 aromatic carbocycles. The summed E-state index contributed by atoms with van der Waals surface area (Å²) in [4.78, 5) is 11.4. The van der Waals surface area contributed by atoms with Gasteiger partial charge in [-0.05, 0) is 17.7 Å². The molecule has 0 atom stereocenters. The summed E-state index contributed by atoms with van der Waals surface area (Å²) >= 11 is 4.83. The van der Waals surface area contributed by atoms with Crippen LogP contribution in [0.3, 0.4) is 0 Å².